The van der Waals surface area contributed by atoms with E-state index in [-0.39, 0.29) is 42.4 Å². The molecule has 0 amide bonds. The zero-order valence-corrected chi connectivity index (χ0v) is 17.2. The zero-order chi connectivity index (χ0) is 19.4. The van der Waals surface area contributed by atoms with E-state index in [1.54, 1.807) is 30.3 Å². The van der Waals surface area contributed by atoms with Crippen molar-refractivity contribution in [1.82, 2.24) is 10.2 Å². The van der Waals surface area contributed by atoms with Crippen molar-refractivity contribution in [3.8, 4) is 17.2 Å². The number of hydrogen-bond donors (Lipinski definition) is 2. The van der Waals surface area contributed by atoms with Crippen molar-refractivity contribution in [3.63, 3.8) is 0 Å². The number of phenolic OH excluding ortho intramolecular Hbond substituents is 1. The largest absolute Gasteiger partial charge is 0.573 e. The fourth-order valence-corrected chi connectivity index (χ4v) is 3.27. The number of methoxy groups -OCH3 is 1. The zero-order valence-electron chi connectivity index (χ0n) is 15.6. The molecule has 5 nitrogen and oxygen atoms in total. The van der Waals surface area contributed by atoms with Crippen LogP contribution in [0.2, 0.25) is 0 Å². The Balaban J connectivity index is 0.00000210. The van der Waals surface area contributed by atoms with Crippen LogP contribution >= 0.6 is 24.8 Å². The van der Waals surface area contributed by atoms with Crippen molar-refractivity contribution in [2.75, 3.05) is 33.3 Å². The third-order valence-corrected chi connectivity index (χ3v) is 4.47. The SMILES string of the molecule is COc1cc([C@H](c2ccc(OC(F)(F)F)cc2)N2CCNCC2)ccc1O.Cl.Cl. The van der Waals surface area contributed by atoms with E-state index in [1.165, 1.54) is 19.2 Å². The van der Waals surface area contributed by atoms with Gasteiger partial charge in [-0.2, -0.15) is 0 Å². The minimum absolute atomic E-state index is 0. The second-order valence-corrected chi connectivity index (χ2v) is 6.24. The smallest absolute Gasteiger partial charge is 0.504 e. The van der Waals surface area contributed by atoms with E-state index in [2.05, 4.69) is 15.0 Å². The highest BCUT2D eigenvalue weighted by atomic mass is 35.5. The maximum atomic E-state index is 12.4. The van der Waals surface area contributed by atoms with Crippen LogP contribution in [-0.2, 0) is 0 Å². The van der Waals surface area contributed by atoms with Gasteiger partial charge >= 0.3 is 6.36 Å². The Labute approximate surface area is 179 Å². The first kappa shape index (κ1) is 25.2. The monoisotopic (exact) mass is 454 g/mol. The molecule has 162 valence electrons. The van der Waals surface area contributed by atoms with Crippen LogP contribution in [0.3, 0.4) is 0 Å². The summed E-state index contributed by atoms with van der Waals surface area (Å²) in [6.45, 7) is 3.21. The summed E-state index contributed by atoms with van der Waals surface area (Å²) in [6, 6.07) is 10.8. The number of halogens is 5. The van der Waals surface area contributed by atoms with Crippen molar-refractivity contribution in [2.45, 2.75) is 12.4 Å². The van der Waals surface area contributed by atoms with Gasteiger partial charge in [0.2, 0.25) is 0 Å². The quantitative estimate of drug-likeness (QED) is 0.710. The maximum Gasteiger partial charge on any atom is 0.573 e. The summed E-state index contributed by atoms with van der Waals surface area (Å²) >= 11 is 0. The van der Waals surface area contributed by atoms with E-state index in [4.69, 9.17) is 4.74 Å². The van der Waals surface area contributed by atoms with Gasteiger partial charge < -0.3 is 19.9 Å². The van der Waals surface area contributed by atoms with Gasteiger partial charge in [0.1, 0.15) is 5.75 Å². The molecule has 2 N–H and O–H groups in total. The van der Waals surface area contributed by atoms with Crippen LogP contribution < -0.4 is 14.8 Å². The number of nitrogens with zero attached hydrogens (tertiary/aromatic N) is 1. The lowest BCUT2D eigenvalue weighted by atomic mass is 9.96. The Bertz CT molecular complexity index is 770. The van der Waals surface area contributed by atoms with Crippen LogP contribution in [0.5, 0.6) is 17.2 Å². The summed E-state index contributed by atoms with van der Waals surface area (Å²) in [5.41, 5.74) is 1.72. The molecule has 1 aliphatic rings. The highest BCUT2D eigenvalue weighted by Crippen LogP contribution is 2.35. The molecule has 0 spiro atoms. The first-order valence-corrected chi connectivity index (χ1v) is 8.55. The molecule has 0 radical (unpaired) electrons. The lowest BCUT2D eigenvalue weighted by Crippen LogP contribution is -2.45. The van der Waals surface area contributed by atoms with Gasteiger partial charge in [-0.3, -0.25) is 4.90 Å². The summed E-state index contributed by atoms with van der Waals surface area (Å²) < 4.78 is 46.4. The molecule has 2 aromatic carbocycles. The van der Waals surface area contributed by atoms with Crippen molar-refractivity contribution in [2.24, 2.45) is 0 Å². The van der Waals surface area contributed by atoms with E-state index in [0.29, 0.717) is 5.75 Å². The molecule has 0 aliphatic carbocycles. The topological polar surface area (TPSA) is 54.0 Å². The standard InChI is InChI=1S/C19H21F3N2O3.2ClH/c1-26-17-12-14(4-7-16(17)25)18(24-10-8-23-9-11-24)13-2-5-15(6-3-13)27-19(20,21)22;;/h2-7,12,18,23,25H,8-11H2,1H3;2*1H/t18-;;/m0../s1. The van der Waals surface area contributed by atoms with Gasteiger partial charge in [0.15, 0.2) is 11.5 Å². The van der Waals surface area contributed by atoms with Crippen molar-refractivity contribution < 1.29 is 27.8 Å². The molecular formula is C19H23Cl2F3N2O3. The van der Waals surface area contributed by atoms with E-state index in [0.717, 1.165) is 37.3 Å². The first-order valence-electron chi connectivity index (χ1n) is 8.55. The summed E-state index contributed by atoms with van der Waals surface area (Å²) in [5, 5.41) is 13.2. The molecule has 1 saturated heterocycles. The van der Waals surface area contributed by atoms with Crippen molar-refractivity contribution in [3.05, 3.63) is 53.6 Å². The molecule has 10 heteroatoms. The number of rotatable bonds is 5. The predicted octanol–water partition coefficient (Wildman–Crippen LogP) is 4.14. The molecule has 3 rings (SSSR count). The third kappa shape index (κ3) is 6.57. The van der Waals surface area contributed by atoms with E-state index in [1.807, 2.05) is 0 Å². The van der Waals surface area contributed by atoms with E-state index >= 15 is 0 Å². The molecule has 0 saturated carbocycles. The number of aromatic hydroxyl groups is 1. The molecule has 29 heavy (non-hydrogen) atoms. The summed E-state index contributed by atoms with van der Waals surface area (Å²) in [7, 11) is 1.47. The second kappa shape index (κ2) is 10.8. The Morgan fingerprint density at radius 1 is 1.00 bits per heavy atom. The summed E-state index contributed by atoms with van der Waals surface area (Å²) in [5.74, 6) is 0.132. The minimum atomic E-state index is -4.72. The average molecular weight is 455 g/mol. The van der Waals surface area contributed by atoms with Crippen LogP contribution in [0.25, 0.3) is 0 Å². The lowest BCUT2D eigenvalue weighted by Gasteiger charge is -2.35. The van der Waals surface area contributed by atoms with Gasteiger partial charge in [-0.1, -0.05) is 18.2 Å². The van der Waals surface area contributed by atoms with Gasteiger partial charge in [-0.05, 0) is 35.4 Å². The number of nitrogens with one attached hydrogen (secondary N) is 1. The normalized spacial score (nSPS) is 15.6. The molecule has 1 atom stereocenters. The van der Waals surface area contributed by atoms with Crippen molar-refractivity contribution >= 4 is 24.8 Å². The molecule has 0 unspecified atom stereocenters. The Hall–Kier alpha value is -1.87. The fourth-order valence-electron chi connectivity index (χ4n) is 3.27. The Morgan fingerprint density at radius 2 is 1.59 bits per heavy atom. The van der Waals surface area contributed by atoms with E-state index in [9.17, 15) is 18.3 Å². The van der Waals surface area contributed by atoms with Gasteiger partial charge in [-0.15, -0.1) is 38.0 Å². The average Bonchev–Trinajstić information content (AvgIpc) is 2.64. The Morgan fingerprint density at radius 3 is 2.14 bits per heavy atom. The number of benzene rings is 2. The molecule has 1 heterocycles. The number of alkyl halides is 3. The van der Waals surface area contributed by atoms with Crippen molar-refractivity contribution in [1.29, 1.82) is 0 Å². The van der Waals surface area contributed by atoms with Gasteiger partial charge in [0.05, 0.1) is 13.2 Å². The first-order chi connectivity index (χ1) is 12.9. The van der Waals surface area contributed by atoms with Crippen LogP contribution in [0.4, 0.5) is 13.2 Å². The molecule has 0 bridgehead atoms. The predicted molar refractivity (Wildman–Crippen MR) is 109 cm³/mol. The summed E-state index contributed by atoms with van der Waals surface area (Å²) in [6.07, 6.45) is -4.72. The highest BCUT2D eigenvalue weighted by molar-refractivity contribution is 5.85. The van der Waals surface area contributed by atoms with Crippen LogP contribution in [-0.4, -0.2) is 49.7 Å². The minimum Gasteiger partial charge on any atom is -0.504 e. The molecular weight excluding hydrogens is 432 g/mol. The van der Waals surface area contributed by atoms with Gasteiger partial charge in [-0.25, -0.2) is 0 Å². The van der Waals surface area contributed by atoms with Crippen LogP contribution in [0.1, 0.15) is 17.2 Å². The van der Waals surface area contributed by atoms with Crippen LogP contribution in [0.15, 0.2) is 42.5 Å². The molecule has 2 aromatic rings. The second-order valence-electron chi connectivity index (χ2n) is 6.24. The molecule has 0 aromatic heterocycles. The highest BCUT2D eigenvalue weighted by Gasteiger charge is 2.31. The van der Waals surface area contributed by atoms with Crippen LogP contribution in [0, 0.1) is 0 Å². The molecule has 1 fully saturated rings. The van der Waals surface area contributed by atoms with Gasteiger partial charge in [0, 0.05) is 26.2 Å². The lowest BCUT2D eigenvalue weighted by molar-refractivity contribution is -0.274. The number of piperazine rings is 1. The van der Waals surface area contributed by atoms with E-state index < -0.39 is 6.36 Å². The Kier molecular flexibility index (Phi) is 9.35. The number of hydrogen-bond acceptors (Lipinski definition) is 5. The third-order valence-electron chi connectivity index (χ3n) is 4.47. The number of phenols is 1. The summed E-state index contributed by atoms with van der Waals surface area (Å²) in [4.78, 5) is 2.24. The maximum absolute atomic E-state index is 12.4. The molecule has 1 aliphatic heterocycles. The van der Waals surface area contributed by atoms with Gasteiger partial charge in [0.25, 0.3) is 0 Å². The number of ether oxygens (including phenoxy) is 2. The fraction of sp³-hybridized carbons (Fsp3) is 0.368.